The summed E-state index contributed by atoms with van der Waals surface area (Å²) in [6.45, 7) is 11.5. The van der Waals surface area contributed by atoms with Crippen molar-refractivity contribution in [1.29, 1.82) is 5.26 Å². The lowest BCUT2D eigenvalue weighted by molar-refractivity contribution is -0.114. The number of fused-ring (bicyclic) bond motifs is 1. The van der Waals surface area contributed by atoms with Crippen LogP contribution in [0.2, 0.25) is 0 Å². The van der Waals surface area contributed by atoms with Crippen molar-refractivity contribution in [2.45, 2.75) is 47.6 Å². The van der Waals surface area contributed by atoms with Gasteiger partial charge in [0.25, 0.3) is 5.91 Å². The highest BCUT2D eigenvalue weighted by Gasteiger charge is 2.23. The van der Waals surface area contributed by atoms with Gasteiger partial charge in [-0.2, -0.15) is 5.26 Å². The van der Waals surface area contributed by atoms with Crippen LogP contribution >= 0.6 is 11.3 Å². The fraction of sp³-hybridized carbons (Fsp3) is 0.348. The van der Waals surface area contributed by atoms with Gasteiger partial charge in [0.15, 0.2) is 5.13 Å². The molecule has 3 aromatic rings. The summed E-state index contributed by atoms with van der Waals surface area (Å²) in [6.07, 6.45) is 2.74. The molecule has 0 N–H and O–H groups in total. The molecule has 2 aromatic heterocycles. The lowest BCUT2D eigenvalue weighted by Crippen LogP contribution is -2.31. The number of carbonyl (C=O) groups is 1. The summed E-state index contributed by atoms with van der Waals surface area (Å²) in [5.41, 5.74) is 5.23. The Morgan fingerprint density at radius 3 is 2.69 bits per heavy atom. The van der Waals surface area contributed by atoms with Crippen LogP contribution in [0.25, 0.3) is 16.3 Å². The normalized spacial score (nSPS) is 11.7. The predicted molar refractivity (Wildman–Crippen MR) is 120 cm³/mol. The van der Waals surface area contributed by atoms with Gasteiger partial charge in [-0.25, -0.2) is 4.98 Å². The molecule has 0 atom stereocenters. The van der Waals surface area contributed by atoms with Crippen LogP contribution in [0.3, 0.4) is 0 Å². The van der Waals surface area contributed by atoms with Crippen molar-refractivity contribution < 1.29 is 4.79 Å². The van der Waals surface area contributed by atoms with Crippen LogP contribution in [0.5, 0.6) is 0 Å². The van der Waals surface area contributed by atoms with E-state index in [4.69, 9.17) is 0 Å². The number of hydrogen-bond acceptors (Lipinski definition) is 4. The molecule has 150 valence electrons. The van der Waals surface area contributed by atoms with Crippen LogP contribution in [0, 0.1) is 32.1 Å². The van der Waals surface area contributed by atoms with Crippen LogP contribution in [0.4, 0.5) is 5.13 Å². The van der Waals surface area contributed by atoms with Crippen LogP contribution in [0.1, 0.15) is 42.8 Å². The Bertz CT molecular complexity index is 1130. The monoisotopic (exact) mass is 406 g/mol. The second-order valence-corrected chi connectivity index (χ2v) is 8.12. The summed E-state index contributed by atoms with van der Waals surface area (Å²) in [6, 6.07) is 10.1. The van der Waals surface area contributed by atoms with E-state index in [0.717, 1.165) is 45.7 Å². The van der Waals surface area contributed by atoms with Gasteiger partial charge in [0.2, 0.25) is 0 Å². The zero-order valence-electron chi connectivity index (χ0n) is 17.6. The Morgan fingerprint density at radius 2 is 2.07 bits per heavy atom. The number of carbonyl (C=O) groups excluding carboxylic acids is 1. The first-order valence-electron chi connectivity index (χ1n) is 9.87. The predicted octanol–water partition coefficient (Wildman–Crippen LogP) is 5.39. The highest BCUT2D eigenvalue weighted by Crippen LogP contribution is 2.31. The molecule has 0 bridgehead atoms. The molecule has 0 saturated carbocycles. The van der Waals surface area contributed by atoms with E-state index in [1.807, 2.05) is 45.0 Å². The molecule has 3 rings (SSSR count). The lowest BCUT2D eigenvalue weighted by Gasteiger charge is -2.17. The van der Waals surface area contributed by atoms with Crippen LogP contribution in [-0.4, -0.2) is 22.0 Å². The first kappa shape index (κ1) is 20.8. The molecule has 29 heavy (non-hydrogen) atoms. The Balaban J connectivity index is 1.99. The first-order chi connectivity index (χ1) is 13.9. The van der Waals surface area contributed by atoms with Gasteiger partial charge in [-0.1, -0.05) is 30.4 Å². The van der Waals surface area contributed by atoms with Crippen molar-refractivity contribution in [3.63, 3.8) is 0 Å². The molecular formula is C23H26N4OS. The number of aryl methyl sites for hydroxylation is 2. The Labute approximate surface area is 175 Å². The smallest absolute Gasteiger partial charge is 0.270 e. The van der Waals surface area contributed by atoms with Gasteiger partial charge in [-0.15, -0.1) is 0 Å². The zero-order chi connectivity index (χ0) is 21.1. The largest absolute Gasteiger partial charge is 0.349 e. The minimum Gasteiger partial charge on any atom is -0.349 e. The SMILES string of the molecule is CCCn1c(C)cc(/C=C(\C#N)C(=O)N(CC)c2nc3c(C)cccc3s2)c1C. The van der Waals surface area contributed by atoms with Crippen molar-refractivity contribution >= 4 is 38.7 Å². The van der Waals surface area contributed by atoms with Gasteiger partial charge in [-0.05, 0) is 63.5 Å². The first-order valence-corrected chi connectivity index (χ1v) is 10.7. The number of nitrogens with zero attached hydrogens (tertiary/aromatic N) is 4. The third kappa shape index (κ3) is 3.96. The summed E-state index contributed by atoms with van der Waals surface area (Å²) in [5.74, 6) is -0.313. The van der Waals surface area contributed by atoms with Gasteiger partial charge in [0, 0.05) is 24.5 Å². The van der Waals surface area contributed by atoms with Crippen LogP contribution in [0.15, 0.2) is 29.8 Å². The van der Waals surface area contributed by atoms with Gasteiger partial charge >= 0.3 is 0 Å². The summed E-state index contributed by atoms with van der Waals surface area (Å²) in [7, 11) is 0. The van der Waals surface area contributed by atoms with E-state index in [1.54, 1.807) is 11.0 Å². The number of likely N-dealkylation sites (N-methyl/N-ethyl adjacent to an activating group) is 1. The molecule has 0 fully saturated rings. The van der Waals surface area contributed by atoms with E-state index in [1.165, 1.54) is 11.3 Å². The maximum Gasteiger partial charge on any atom is 0.270 e. The number of nitriles is 1. The molecule has 1 amide bonds. The number of hydrogen-bond donors (Lipinski definition) is 0. The third-order valence-corrected chi connectivity index (χ3v) is 6.16. The summed E-state index contributed by atoms with van der Waals surface area (Å²) in [5, 5.41) is 10.3. The molecule has 1 aromatic carbocycles. The molecule has 0 aliphatic heterocycles. The second kappa shape index (κ2) is 8.62. The van der Waals surface area contributed by atoms with Gasteiger partial charge < -0.3 is 4.57 Å². The molecule has 0 radical (unpaired) electrons. The van der Waals surface area contributed by atoms with E-state index in [9.17, 15) is 10.1 Å². The lowest BCUT2D eigenvalue weighted by atomic mass is 10.1. The standard InChI is InChI=1S/C23H26N4OS/c1-6-11-27-16(4)12-18(17(27)5)13-19(14-24)22(28)26(7-2)23-25-21-15(3)9-8-10-20(21)29-23/h8-10,12-13H,6-7,11H2,1-5H3/b19-13+. The number of anilines is 1. The molecule has 0 aliphatic carbocycles. The Kier molecular flexibility index (Phi) is 6.19. The quantitative estimate of drug-likeness (QED) is 0.407. The number of benzene rings is 1. The van der Waals surface area contributed by atoms with E-state index >= 15 is 0 Å². The van der Waals surface area contributed by atoms with E-state index < -0.39 is 0 Å². The summed E-state index contributed by atoms with van der Waals surface area (Å²) >= 11 is 1.48. The fourth-order valence-electron chi connectivity index (χ4n) is 3.54. The van der Waals surface area contributed by atoms with Gasteiger partial charge in [0.05, 0.1) is 10.2 Å². The van der Waals surface area contributed by atoms with Crippen molar-refractivity contribution in [3.05, 3.63) is 52.4 Å². The maximum absolute atomic E-state index is 13.2. The number of aromatic nitrogens is 2. The topological polar surface area (TPSA) is 61.9 Å². The minimum absolute atomic E-state index is 0.125. The fourth-order valence-corrected chi connectivity index (χ4v) is 4.65. The molecule has 0 aliphatic rings. The van der Waals surface area contributed by atoms with Crippen molar-refractivity contribution in [1.82, 2.24) is 9.55 Å². The molecule has 0 unspecified atom stereocenters. The third-order valence-electron chi connectivity index (χ3n) is 5.11. The van der Waals surface area contributed by atoms with Gasteiger partial charge in [-0.3, -0.25) is 9.69 Å². The van der Waals surface area contributed by atoms with Crippen molar-refractivity contribution in [2.75, 3.05) is 11.4 Å². The summed E-state index contributed by atoms with van der Waals surface area (Å²) in [4.78, 5) is 19.5. The van der Waals surface area contributed by atoms with Crippen molar-refractivity contribution in [3.8, 4) is 6.07 Å². The molecular weight excluding hydrogens is 380 g/mol. The van der Waals surface area contributed by atoms with Crippen LogP contribution < -0.4 is 4.90 Å². The number of rotatable bonds is 6. The van der Waals surface area contributed by atoms with Gasteiger partial charge in [0.1, 0.15) is 11.6 Å². The van der Waals surface area contributed by atoms with E-state index in [2.05, 4.69) is 29.5 Å². The molecule has 0 saturated heterocycles. The number of para-hydroxylation sites is 1. The van der Waals surface area contributed by atoms with Crippen LogP contribution in [-0.2, 0) is 11.3 Å². The molecule has 0 spiro atoms. The minimum atomic E-state index is -0.313. The number of amides is 1. The highest BCUT2D eigenvalue weighted by molar-refractivity contribution is 7.22. The molecule has 5 nitrogen and oxygen atoms in total. The molecule has 6 heteroatoms. The highest BCUT2D eigenvalue weighted by atomic mass is 32.1. The number of thiazole rings is 1. The average Bonchev–Trinajstić information content (AvgIpc) is 3.24. The maximum atomic E-state index is 13.2. The zero-order valence-corrected chi connectivity index (χ0v) is 18.4. The summed E-state index contributed by atoms with van der Waals surface area (Å²) < 4.78 is 3.26. The Hall–Kier alpha value is -2.91. The molecule has 2 heterocycles. The average molecular weight is 407 g/mol. The van der Waals surface area contributed by atoms with Crippen molar-refractivity contribution in [2.24, 2.45) is 0 Å². The Morgan fingerprint density at radius 1 is 1.31 bits per heavy atom. The van der Waals surface area contributed by atoms with E-state index in [0.29, 0.717) is 11.7 Å². The van der Waals surface area contributed by atoms with E-state index in [-0.39, 0.29) is 11.5 Å². The second-order valence-electron chi connectivity index (χ2n) is 7.12.